The first-order valence-electron chi connectivity index (χ1n) is 13.1. The maximum Gasteiger partial charge on any atom is 0.332 e. The molecular formula is C30H33ClFN5O3. The SMILES string of the molecule is Cn1ccn(-c2ccc(-c3cc(F)cc(-c4cc(N5CCN(C(C)(C)C)CC5)n(C)c(=O)c4)c3O)cc2Cl)c1=O. The zero-order valence-electron chi connectivity index (χ0n) is 23.3. The molecule has 40 heavy (non-hydrogen) atoms. The van der Waals surface area contributed by atoms with Crippen LogP contribution in [0.2, 0.25) is 5.02 Å². The summed E-state index contributed by atoms with van der Waals surface area (Å²) >= 11 is 6.53. The monoisotopic (exact) mass is 565 g/mol. The molecule has 1 N–H and O–H groups in total. The standard InChI is InChI=1S/C30H33ClFN5O3/c1-30(2,3)36-11-9-35(10-12-36)26-15-20(16-27(38)34(26)5)23-18-21(32)17-22(28(23)39)19-6-7-25(24(31)14-19)37-13-8-33(4)29(37)40/h6-8,13-18,39H,9-12H2,1-5H3. The normalized spacial score (nSPS) is 14.6. The molecule has 0 spiro atoms. The molecule has 1 fully saturated rings. The van der Waals surface area contributed by atoms with Gasteiger partial charge < -0.3 is 14.6 Å². The highest BCUT2D eigenvalue weighted by atomic mass is 35.5. The summed E-state index contributed by atoms with van der Waals surface area (Å²) in [6.45, 7) is 9.74. The first-order chi connectivity index (χ1) is 18.8. The number of imidazole rings is 1. The van der Waals surface area contributed by atoms with Crippen molar-refractivity contribution in [3.63, 3.8) is 0 Å². The Labute approximate surface area is 237 Å². The summed E-state index contributed by atoms with van der Waals surface area (Å²) in [5.41, 5.74) is 1.35. The van der Waals surface area contributed by atoms with Gasteiger partial charge in [0.25, 0.3) is 5.56 Å². The third-order valence-corrected chi connectivity index (χ3v) is 7.94. The molecule has 0 unspecified atom stereocenters. The third-order valence-electron chi connectivity index (χ3n) is 7.64. The van der Waals surface area contributed by atoms with E-state index < -0.39 is 5.82 Å². The van der Waals surface area contributed by atoms with E-state index in [0.717, 1.165) is 26.2 Å². The van der Waals surface area contributed by atoms with Crippen LogP contribution >= 0.6 is 11.6 Å². The lowest BCUT2D eigenvalue weighted by Gasteiger charge is -2.43. The molecule has 10 heteroatoms. The van der Waals surface area contributed by atoms with E-state index in [2.05, 4.69) is 30.6 Å². The van der Waals surface area contributed by atoms with Gasteiger partial charge in [0.05, 0.1) is 10.7 Å². The van der Waals surface area contributed by atoms with E-state index in [1.165, 1.54) is 27.3 Å². The van der Waals surface area contributed by atoms with Crippen molar-refractivity contribution in [1.29, 1.82) is 0 Å². The topological polar surface area (TPSA) is 75.6 Å². The Hall–Kier alpha value is -3.82. The number of rotatable bonds is 4. The van der Waals surface area contributed by atoms with Crippen molar-refractivity contribution in [2.75, 3.05) is 31.1 Å². The Morgan fingerprint density at radius 3 is 2.10 bits per heavy atom. The van der Waals surface area contributed by atoms with E-state index in [4.69, 9.17) is 11.6 Å². The summed E-state index contributed by atoms with van der Waals surface area (Å²) < 4.78 is 19.4. The van der Waals surface area contributed by atoms with Gasteiger partial charge in [-0.3, -0.25) is 18.8 Å². The minimum absolute atomic E-state index is 0.0573. The van der Waals surface area contributed by atoms with Gasteiger partial charge in [-0.25, -0.2) is 9.18 Å². The van der Waals surface area contributed by atoms with Crippen molar-refractivity contribution in [2.45, 2.75) is 26.3 Å². The van der Waals surface area contributed by atoms with Crippen LogP contribution < -0.4 is 16.1 Å². The molecule has 4 aromatic rings. The van der Waals surface area contributed by atoms with Crippen molar-refractivity contribution in [2.24, 2.45) is 14.1 Å². The van der Waals surface area contributed by atoms with Crippen molar-refractivity contribution in [1.82, 2.24) is 18.6 Å². The summed E-state index contributed by atoms with van der Waals surface area (Å²) in [6.07, 6.45) is 3.23. The highest BCUT2D eigenvalue weighted by Gasteiger charge is 2.27. The maximum atomic E-state index is 15.0. The number of halogens is 2. The summed E-state index contributed by atoms with van der Waals surface area (Å²) in [5, 5.41) is 11.6. The van der Waals surface area contributed by atoms with Crippen molar-refractivity contribution in [3.8, 4) is 33.7 Å². The fourth-order valence-electron chi connectivity index (χ4n) is 5.24. The average Bonchev–Trinajstić information content (AvgIpc) is 3.24. The molecule has 2 aromatic carbocycles. The smallest absolute Gasteiger partial charge is 0.332 e. The Kier molecular flexibility index (Phi) is 7.14. The first-order valence-corrected chi connectivity index (χ1v) is 13.5. The van der Waals surface area contributed by atoms with Crippen molar-refractivity contribution >= 4 is 17.4 Å². The van der Waals surface area contributed by atoms with E-state index in [1.54, 1.807) is 49.3 Å². The molecule has 0 saturated carbocycles. The Bertz CT molecular complexity index is 1710. The molecule has 0 amide bonds. The molecule has 0 atom stereocenters. The summed E-state index contributed by atoms with van der Waals surface area (Å²) in [5.74, 6) is -0.0240. The van der Waals surface area contributed by atoms with E-state index in [9.17, 15) is 19.1 Å². The second kappa shape index (κ2) is 10.3. The van der Waals surface area contributed by atoms with Gasteiger partial charge in [0.2, 0.25) is 0 Å². The van der Waals surface area contributed by atoms with Gasteiger partial charge >= 0.3 is 5.69 Å². The Morgan fingerprint density at radius 1 is 0.875 bits per heavy atom. The number of pyridine rings is 1. The van der Waals surface area contributed by atoms with E-state index >= 15 is 0 Å². The van der Waals surface area contributed by atoms with E-state index in [1.807, 2.05) is 6.07 Å². The number of aromatic hydroxyl groups is 1. The van der Waals surface area contributed by atoms with Crippen LogP contribution in [0.1, 0.15) is 20.8 Å². The zero-order valence-corrected chi connectivity index (χ0v) is 24.0. The largest absolute Gasteiger partial charge is 0.507 e. The van der Waals surface area contributed by atoms with Gasteiger partial charge in [0.15, 0.2) is 0 Å². The number of phenols is 1. The van der Waals surface area contributed by atoms with Crippen molar-refractivity contribution in [3.05, 3.63) is 86.5 Å². The third kappa shape index (κ3) is 5.07. The molecule has 3 heterocycles. The first kappa shape index (κ1) is 27.7. The van der Waals surface area contributed by atoms with Gasteiger partial charge in [-0.05, 0) is 62.2 Å². The lowest BCUT2D eigenvalue weighted by atomic mass is 9.97. The molecule has 5 rings (SSSR count). The van der Waals surface area contributed by atoms with Crippen LogP contribution in [-0.4, -0.2) is 55.4 Å². The predicted molar refractivity (Wildman–Crippen MR) is 157 cm³/mol. The molecule has 1 aliphatic rings. The lowest BCUT2D eigenvalue weighted by molar-refractivity contribution is 0.128. The van der Waals surface area contributed by atoms with Gasteiger partial charge in [0.1, 0.15) is 17.4 Å². The number of aryl methyl sites for hydroxylation is 1. The molecular weight excluding hydrogens is 533 g/mol. The molecule has 2 aromatic heterocycles. The van der Waals surface area contributed by atoms with Crippen molar-refractivity contribution < 1.29 is 9.50 Å². The molecule has 0 radical (unpaired) electrons. The molecule has 0 bridgehead atoms. The number of nitrogens with zero attached hydrogens (tertiary/aromatic N) is 5. The fraction of sp³-hybridized carbons (Fsp3) is 0.333. The number of piperazine rings is 1. The second-order valence-corrected chi connectivity index (χ2v) is 11.6. The van der Waals surface area contributed by atoms with Gasteiger partial charge in [-0.15, -0.1) is 0 Å². The van der Waals surface area contributed by atoms with Crippen LogP contribution in [0.15, 0.2) is 64.4 Å². The quantitative estimate of drug-likeness (QED) is 0.391. The Balaban J connectivity index is 1.53. The Morgan fingerprint density at radius 2 is 1.52 bits per heavy atom. The van der Waals surface area contributed by atoms with Crippen LogP contribution in [0.3, 0.4) is 0 Å². The zero-order chi connectivity index (χ0) is 28.9. The fourth-order valence-corrected chi connectivity index (χ4v) is 5.51. The van der Waals surface area contributed by atoms with E-state index in [-0.39, 0.29) is 38.7 Å². The highest BCUT2D eigenvalue weighted by molar-refractivity contribution is 6.32. The molecule has 1 aliphatic heterocycles. The molecule has 210 valence electrons. The number of hydrogen-bond acceptors (Lipinski definition) is 5. The number of aromatic nitrogens is 3. The maximum absolute atomic E-state index is 15.0. The van der Waals surface area contributed by atoms with Crippen LogP contribution in [0.5, 0.6) is 5.75 Å². The average molecular weight is 566 g/mol. The van der Waals surface area contributed by atoms with E-state index in [0.29, 0.717) is 22.6 Å². The van der Waals surface area contributed by atoms with Gasteiger partial charge in [0, 0.05) is 75.4 Å². The lowest BCUT2D eigenvalue weighted by Crippen LogP contribution is -2.54. The van der Waals surface area contributed by atoms with Crippen LogP contribution in [0.25, 0.3) is 27.9 Å². The van der Waals surface area contributed by atoms with Gasteiger partial charge in [-0.2, -0.15) is 0 Å². The predicted octanol–water partition coefficient (Wildman–Crippen LogP) is 4.63. The minimum Gasteiger partial charge on any atom is -0.507 e. The van der Waals surface area contributed by atoms with Gasteiger partial charge in [-0.1, -0.05) is 17.7 Å². The summed E-state index contributed by atoms with van der Waals surface area (Å²) in [7, 11) is 3.36. The minimum atomic E-state index is -0.566. The molecule has 1 saturated heterocycles. The summed E-state index contributed by atoms with van der Waals surface area (Å²) in [6, 6.07) is 10.6. The van der Waals surface area contributed by atoms with Crippen LogP contribution in [-0.2, 0) is 14.1 Å². The van der Waals surface area contributed by atoms with Crippen LogP contribution in [0, 0.1) is 5.82 Å². The molecule has 0 aliphatic carbocycles. The highest BCUT2D eigenvalue weighted by Crippen LogP contribution is 2.40. The number of benzene rings is 2. The second-order valence-electron chi connectivity index (χ2n) is 11.2. The summed E-state index contributed by atoms with van der Waals surface area (Å²) in [4.78, 5) is 29.9. The van der Waals surface area contributed by atoms with Crippen LogP contribution in [0.4, 0.5) is 10.2 Å². The number of anilines is 1. The molecule has 8 nitrogen and oxygen atoms in total. The number of hydrogen-bond donors (Lipinski definition) is 1. The number of phenolic OH excluding ortho intramolecular Hbond substituents is 1.